The highest BCUT2D eigenvalue weighted by molar-refractivity contribution is 9.10. The monoisotopic (exact) mass is 302 g/mol. The topological polar surface area (TPSA) is 6.48 Å². The van der Waals surface area contributed by atoms with Crippen molar-refractivity contribution in [3.05, 3.63) is 28.2 Å². The molecule has 2 rings (SSSR count). The van der Waals surface area contributed by atoms with Crippen LogP contribution in [0.25, 0.3) is 0 Å². The van der Waals surface area contributed by atoms with E-state index in [0.717, 1.165) is 36.2 Å². The van der Waals surface area contributed by atoms with Gasteiger partial charge in [0.1, 0.15) is 0 Å². The Kier molecular flexibility index (Phi) is 4.11. The third-order valence-electron chi connectivity index (χ3n) is 3.01. The van der Waals surface area contributed by atoms with Gasteiger partial charge in [0.15, 0.2) is 0 Å². The molecule has 1 heterocycles. The van der Waals surface area contributed by atoms with Crippen molar-refractivity contribution in [2.45, 2.75) is 5.88 Å². The zero-order valence-electron chi connectivity index (χ0n) is 9.42. The number of benzene rings is 1. The van der Waals surface area contributed by atoms with Crippen molar-refractivity contribution in [3.63, 3.8) is 0 Å². The lowest BCUT2D eigenvalue weighted by molar-refractivity contribution is 0.312. The van der Waals surface area contributed by atoms with Gasteiger partial charge >= 0.3 is 0 Å². The summed E-state index contributed by atoms with van der Waals surface area (Å²) in [6.45, 7) is 4.44. The fraction of sp³-hybridized carbons (Fsp3) is 0.500. The van der Waals surface area contributed by atoms with Crippen LogP contribution in [0.5, 0.6) is 0 Å². The minimum atomic E-state index is 0.571. The second-order valence-electron chi connectivity index (χ2n) is 4.21. The number of halogens is 2. The first-order chi connectivity index (χ1) is 7.70. The summed E-state index contributed by atoms with van der Waals surface area (Å²) in [5, 5.41) is 0. The second kappa shape index (κ2) is 5.39. The molecule has 0 aromatic heterocycles. The average Bonchev–Trinajstić information content (AvgIpc) is 2.30. The number of hydrogen-bond donors (Lipinski definition) is 0. The Morgan fingerprint density at radius 2 is 1.94 bits per heavy atom. The van der Waals surface area contributed by atoms with Crippen LogP contribution in [0.4, 0.5) is 5.69 Å². The molecule has 1 aromatic rings. The van der Waals surface area contributed by atoms with Crippen LogP contribution in [0.3, 0.4) is 0 Å². The Bertz CT molecular complexity index is 362. The van der Waals surface area contributed by atoms with Gasteiger partial charge in [-0.3, -0.25) is 0 Å². The van der Waals surface area contributed by atoms with Gasteiger partial charge in [0.2, 0.25) is 0 Å². The van der Waals surface area contributed by atoms with Gasteiger partial charge in [-0.2, -0.15) is 0 Å². The molecular formula is C12H16BrClN2. The van der Waals surface area contributed by atoms with E-state index in [9.17, 15) is 0 Å². The third kappa shape index (κ3) is 2.70. The SMILES string of the molecule is CN1CCN(c2ccc(CCl)cc2Br)CC1. The Balaban J connectivity index is 2.14. The molecule has 0 N–H and O–H groups in total. The highest BCUT2D eigenvalue weighted by Gasteiger charge is 2.16. The molecule has 1 saturated heterocycles. The summed E-state index contributed by atoms with van der Waals surface area (Å²) in [6, 6.07) is 6.37. The van der Waals surface area contributed by atoms with Crippen molar-refractivity contribution in [3.8, 4) is 0 Å². The van der Waals surface area contributed by atoms with Crippen molar-refractivity contribution < 1.29 is 0 Å². The molecule has 88 valence electrons. The minimum absolute atomic E-state index is 0.571. The van der Waals surface area contributed by atoms with E-state index >= 15 is 0 Å². The maximum atomic E-state index is 5.82. The molecular weight excluding hydrogens is 288 g/mol. The van der Waals surface area contributed by atoms with E-state index in [4.69, 9.17) is 11.6 Å². The van der Waals surface area contributed by atoms with Crippen molar-refractivity contribution in [1.29, 1.82) is 0 Å². The number of likely N-dealkylation sites (N-methyl/N-ethyl adjacent to an activating group) is 1. The molecule has 1 aromatic carbocycles. The summed E-state index contributed by atoms with van der Waals surface area (Å²) < 4.78 is 1.15. The molecule has 0 spiro atoms. The summed E-state index contributed by atoms with van der Waals surface area (Å²) in [5.74, 6) is 0.571. The largest absolute Gasteiger partial charge is 0.368 e. The zero-order valence-corrected chi connectivity index (χ0v) is 11.8. The molecule has 0 atom stereocenters. The molecule has 4 heteroatoms. The number of piperazine rings is 1. The van der Waals surface area contributed by atoms with Gasteiger partial charge in [0.05, 0.1) is 5.69 Å². The molecule has 2 nitrogen and oxygen atoms in total. The highest BCUT2D eigenvalue weighted by atomic mass is 79.9. The highest BCUT2D eigenvalue weighted by Crippen LogP contribution is 2.28. The van der Waals surface area contributed by atoms with Gasteiger partial charge < -0.3 is 9.80 Å². The first-order valence-electron chi connectivity index (χ1n) is 5.48. The number of hydrogen-bond acceptors (Lipinski definition) is 2. The number of nitrogens with zero attached hydrogens (tertiary/aromatic N) is 2. The molecule has 0 amide bonds. The maximum absolute atomic E-state index is 5.82. The number of alkyl halides is 1. The summed E-state index contributed by atoms with van der Waals surface area (Å²) in [5.41, 5.74) is 2.44. The van der Waals surface area contributed by atoms with Crippen LogP contribution in [-0.4, -0.2) is 38.1 Å². The fourth-order valence-electron chi connectivity index (χ4n) is 1.94. The molecule has 1 fully saturated rings. The van der Waals surface area contributed by atoms with Crippen molar-refractivity contribution in [2.24, 2.45) is 0 Å². The summed E-state index contributed by atoms with van der Waals surface area (Å²) >= 11 is 9.44. The Morgan fingerprint density at radius 3 is 2.50 bits per heavy atom. The Hall–Kier alpha value is -0.250. The Morgan fingerprint density at radius 1 is 1.25 bits per heavy atom. The van der Waals surface area contributed by atoms with Crippen molar-refractivity contribution >= 4 is 33.2 Å². The molecule has 0 saturated carbocycles. The Labute approximate surface area is 110 Å². The van der Waals surface area contributed by atoms with Crippen LogP contribution in [-0.2, 0) is 5.88 Å². The first kappa shape index (κ1) is 12.2. The van der Waals surface area contributed by atoms with Crippen LogP contribution in [0.1, 0.15) is 5.56 Å². The van der Waals surface area contributed by atoms with Gasteiger partial charge in [-0.15, -0.1) is 11.6 Å². The predicted molar refractivity (Wildman–Crippen MR) is 73.4 cm³/mol. The first-order valence-corrected chi connectivity index (χ1v) is 6.81. The van der Waals surface area contributed by atoms with Crippen molar-refractivity contribution in [2.75, 3.05) is 38.1 Å². The molecule has 16 heavy (non-hydrogen) atoms. The predicted octanol–water partition coefficient (Wildman–Crippen LogP) is 2.94. The third-order valence-corrected chi connectivity index (χ3v) is 3.95. The van der Waals surface area contributed by atoms with Gasteiger partial charge in [-0.1, -0.05) is 6.07 Å². The molecule has 0 unspecified atom stereocenters. The van der Waals surface area contributed by atoms with E-state index in [0.29, 0.717) is 5.88 Å². The smallest absolute Gasteiger partial charge is 0.0511 e. The second-order valence-corrected chi connectivity index (χ2v) is 5.33. The van der Waals surface area contributed by atoms with E-state index in [1.54, 1.807) is 0 Å². The molecule has 0 bridgehead atoms. The molecule has 1 aliphatic rings. The van der Waals surface area contributed by atoms with E-state index in [1.807, 2.05) is 0 Å². The van der Waals surface area contributed by atoms with Gasteiger partial charge in [0, 0.05) is 36.5 Å². The maximum Gasteiger partial charge on any atom is 0.0511 e. The quantitative estimate of drug-likeness (QED) is 0.775. The lowest BCUT2D eigenvalue weighted by atomic mass is 10.2. The summed E-state index contributed by atoms with van der Waals surface area (Å²) in [4.78, 5) is 4.78. The fourth-order valence-corrected chi connectivity index (χ4v) is 2.78. The molecule has 1 aliphatic heterocycles. The van der Waals surface area contributed by atoms with Crippen LogP contribution >= 0.6 is 27.5 Å². The van der Waals surface area contributed by atoms with E-state index in [-0.39, 0.29) is 0 Å². The average molecular weight is 304 g/mol. The van der Waals surface area contributed by atoms with Gasteiger partial charge in [-0.25, -0.2) is 0 Å². The van der Waals surface area contributed by atoms with Gasteiger partial charge in [-0.05, 0) is 40.7 Å². The molecule has 0 aliphatic carbocycles. The lowest BCUT2D eigenvalue weighted by Crippen LogP contribution is -2.44. The summed E-state index contributed by atoms with van der Waals surface area (Å²) in [6.07, 6.45) is 0. The van der Waals surface area contributed by atoms with Crippen molar-refractivity contribution in [1.82, 2.24) is 4.90 Å². The molecule has 0 radical (unpaired) electrons. The van der Waals surface area contributed by atoms with E-state index < -0.39 is 0 Å². The number of rotatable bonds is 2. The summed E-state index contributed by atoms with van der Waals surface area (Å²) in [7, 11) is 2.17. The van der Waals surface area contributed by atoms with Crippen LogP contribution in [0, 0.1) is 0 Å². The van der Waals surface area contributed by atoms with Crippen LogP contribution in [0.15, 0.2) is 22.7 Å². The van der Waals surface area contributed by atoms with E-state index in [1.165, 1.54) is 5.69 Å². The normalized spacial score (nSPS) is 17.8. The zero-order chi connectivity index (χ0) is 11.5. The lowest BCUT2D eigenvalue weighted by Gasteiger charge is -2.34. The number of anilines is 1. The van der Waals surface area contributed by atoms with E-state index in [2.05, 4.69) is 51.0 Å². The van der Waals surface area contributed by atoms with Gasteiger partial charge in [0.25, 0.3) is 0 Å². The standard InChI is InChI=1S/C12H16BrClN2/c1-15-4-6-16(7-5-15)12-3-2-10(9-14)8-11(12)13/h2-3,8H,4-7,9H2,1H3. The van der Waals surface area contributed by atoms with Crippen LogP contribution in [0.2, 0.25) is 0 Å². The van der Waals surface area contributed by atoms with Crippen LogP contribution < -0.4 is 4.90 Å². The minimum Gasteiger partial charge on any atom is -0.368 e.